The summed E-state index contributed by atoms with van der Waals surface area (Å²) in [7, 11) is 0. The third-order valence-corrected chi connectivity index (χ3v) is 4.59. The average Bonchev–Trinajstić information content (AvgIpc) is 2.43. The third-order valence-electron chi connectivity index (χ3n) is 3.19. The molecule has 0 spiro atoms. The molecule has 0 saturated carbocycles. The van der Waals surface area contributed by atoms with Gasteiger partial charge in [0.1, 0.15) is 0 Å². The van der Waals surface area contributed by atoms with Crippen LogP contribution in [0.15, 0.2) is 18.2 Å². The van der Waals surface area contributed by atoms with Gasteiger partial charge in [0.2, 0.25) is 0 Å². The summed E-state index contributed by atoms with van der Waals surface area (Å²) in [5.74, 6) is 1.49. The Labute approximate surface area is 101 Å². The zero-order chi connectivity index (χ0) is 11.0. The lowest BCUT2D eigenvalue weighted by molar-refractivity contribution is 0.622. The molecule has 2 rings (SSSR count). The lowest BCUT2D eigenvalue weighted by Crippen LogP contribution is -1.96. The van der Waals surface area contributed by atoms with Crippen LogP contribution in [0, 0.1) is 11.8 Å². The molecule has 1 aromatic rings. The van der Waals surface area contributed by atoms with Crippen molar-refractivity contribution < 1.29 is 0 Å². The third kappa shape index (κ3) is 2.28. The minimum atomic E-state index is 0.569. The monoisotopic (exact) mass is 266 g/mol. The molecule has 0 saturated heterocycles. The summed E-state index contributed by atoms with van der Waals surface area (Å²) < 4.78 is 0. The number of fused-ring (bicyclic) bond motifs is 1. The van der Waals surface area contributed by atoms with Gasteiger partial charge >= 0.3 is 0 Å². The van der Waals surface area contributed by atoms with Gasteiger partial charge in [-0.3, -0.25) is 0 Å². The van der Waals surface area contributed by atoms with E-state index in [-0.39, 0.29) is 0 Å². The molecule has 82 valence electrons. The van der Waals surface area contributed by atoms with Crippen LogP contribution in [-0.4, -0.2) is 0 Å². The van der Waals surface area contributed by atoms with Crippen molar-refractivity contribution in [2.75, 3.05) is 0 Å². The highest BCUT2D eigenvalue weighted by atomic mass is 79.9. The predicted octanol–water partition coefficient (Wildman–Crippen LogP) is 4.51. The maximum absolute atomic E-state index is 3.80. The second kappa shape index (κ2) is 4.29. The van der Waals surface area contributed by atoms with Crippen LogP contribution in [0.1, 0.15) is 42.3 Å². The first kappa shape index (κ1) is 11.2. The summed E-state index contributed by atoms with van der Waals surface area (Å²) in [5, 5.41) is 0. The van der Waals surface area contributed by atoms with Crippen LogP contribution in [0.3, 0.4) is 0 Å². The van der Waals surface area contributed by atoms with Gasteiger partial charge in [-0.2, -0.15) is 0 Å². The Hall–Kier alpha value is -0.300. The first-order chi connectivity index (χ1) is 7.08. The summed E-state index contributed by atoms with van der Waals surface area (Å²) in [6.45, 7) is 6.88. The van der Waals surface area contributed by atoms with Crippen molar-refractivity contribution in [2.24, 2.45) is 11.8 Å². The van der Waals surface area contributed by atoms with Crippen molar-refractivity contribution in [1.82, 2.24) is 0 Å². The van der Waals surface area contributed by atoms with Gasteiger partial charge in [0, 0.05) is 4.83 Å². The van der Waals surface area contributed by atoms with Crippen LogP contribution in [-0.2, 0) is 12.8 Å². The highest BCUT2D eigenvalue weighted by Crippen LogP contribution is 2.42. The minimum Gasteiger partial charge on any atom is -0.0836 e. The molecular weight excluding hydrogens is 248 g/mol. The summed E-state index contributed by atoms with van der Waals surface area (Å²) in [4.78, 5) is 0.569. The van der Waals surface area contributed by atoms with Crippen LogP contribution in [0.25, 0.3) is 0 Å². The zero-order valence-electron chi connectivity index (χ0n) is 9.76. The normalized spacial score (nSPS) is 24.6. The molecule has 1 aliphatic carbocycles. The Morgan fingerprint density at radius 3 is 2.80 bits per heavy atom. The summed E-state index contributed by atoms with van der Waals surface area (Å²) in [6, 6.07) is 7.03. The fourth-order valence-electron chi connectivity index (χ4n) is 2.44. The highest BCUT2D eigenvalue weighted by Gasteiger charge is 2.26. The van der Waals surface area contributed by atoms with E-state index in [0.29, 0.717) is 4.83 Å². The molecule has 0 radical (unpaired) electrons. The van der Waals surface area contributed by atoms with Crippen molar-refractivity contribution >= 4 is 15.9 Å². The minimum absolute atomic E-state index is 0.569. The summed E-state index contributed by atoms with van der Waals surface area (Å²) >= 11 is 3.80. The van der Waals surface area contributed by atoms with E-state index >= 15 is 0 Å². The van der Waals surface area contributed by atoms with Gasteiger partial charge in [-0.25, -0.2) is 0 Å². The number of rotatable bonds is 2. The Bertz CT molecular complexity index is 354. The molecule has 15 heavy (non-hydrogen) atoms. The van der Waals surface area contributed by atoms with Gasteiger partial charge in [-0.05, 0) is 41.4 Å². The van der Waals surface area contributed by atoms with E-state index < -0.39 is 0 Å². The fourth-order valence-corrected chi connectivity index (χ4v) is 3.06. The van der Waals surface area contributed by atoms with E-state index in [4.69, 9.17) is 0 Å². The Morgan fingerprint density at radius 2 is 2.13 bits per heavy atom. The predicted molar refractivity (Wildman–Crippen MR) is 69.5 cm³/mol. The second-order valence-corrected chi connectivity index (χ2v) is 6.20. The standard InChI is InChI=1S/C14H19Br/c1-9(2)6-11-4-5-12-7-10(3)14(15)13(12)8-11/h4-5,8-10,14H,6-7H2,1-3H3. The molecule has 0 nitrogen and oxygen atoms in total. The van der Waals surface area contributed by atoms with Crippen molar-refractivity contribution in [3.8, 4) is 0 Å². The number of hydrogen-bond acceptors (Lipinski definition) is 0. The molecule has 0 amide bonds. The Kier molecular flexibility index (Phi) is 3.20. The highest BCUT2D eigenvalue weighted by molar-refractivity contribution is 9.09. The fraction of sp³-hybridized carbons (Fsp3) is 0.571. The first-order valence-corrected chi connectivity index (χ1v) is 6.75. The van der Waals surface area contributed by atoms with Gasteiger partial charge < -0.3 is 0 Å². The molecule has 0 bridgehead atoms. The molecule has 1 aliphatic rings. The Balaban J connectivity index is 2.27. The maximum Gasteiger partial charge on any atom is 0.0426 e. The summed E-state index contributed by atoms with van der Waals surface area (Å²) in [5.41, 5.74) is 4.56. The van der Waals surface area contributed by atoms with E-state index in [1.54, 1.807) is 0 Å². The quantitative estimate of drug-likeness (QED) is 0.691. The molecule has 1 aromatic carbocycles. The van der Waals surface area contributed by atoms with Crippen molar-refractivity contribution in [1.29, 1.82) is 0 Å². The molecule has 0 fully saturated rings. The molecule has 2 unspecified atom stereocenters. The van der Waals surface area contributed by atoms with Crippen LogP contribution in [0.2, 0.25) is 0 Å². The molecule has 1 heteroatoms. The van der Waals surface area contributed by atoms with Crippen LogP contribution in [0.4, 0.5) is 0 Å². The van der Waals surface area contributed by atoms with Crippen LogP contribution in [0.5, 0.6) is 0 Å². The SMILES string of the molecule is CC(C)Cc1ccc2c(c1)C(Br)C(C)C2. The molecule has 0 N–H and O–H groups in total. The second-order valence-electron chi connectivity index (χ2n) is 5.21. The molecule has 2 atom stereocenters. The molecule has 0 aromatic heterocycles. The van der Waals surface area contributed by atoms with E-state index in [0.717, 1.165) is 11.8 Å². The number of halogens is 1. The molecule has 0 aliphatic heterocycles. The largest absolute Gasteiger partial charge is 0.0836 e. The number of hydrogen-bond donors (Lipinski definition) is 0. The van der Waals surface area contributed by atoms with Crippen LogP contribution < -0.4 is 0 Å². The van der Waals surface area contributed by atoms with Gasteiger partial charge in [0.25, 0.3) is 0 Å². The van der Waals surface area contributed by atoms with Crippen molar-refractivity contribution in [2.45, 2.75) is 38.4 Å². The molecular formula is C14H19Br. The average molecular weight is 267 g/mol. The summed E-state index contributed by atoms with van der Waals surface area (Å²) in [6.07, 6.45) is 2.43. The van der Waals surface area contributed by atoms with Crippen molar-refractivity contribution in [3.63, 3.8) is 0 Å². The van der Waals surface area contributed by atoms with Crippen molar-refractivity contribution in [3.05, 3.63) is 34.9 Å². The zero-order valence-corrected chi connectivity index (χ0v) is 11.3. The van der Waals surface area contributed by atoms with Gasteiger partial charge in [-0.15, -0.1) is 0 Å². The molecule has 0 heterocycles. The topological polar surface area (TPSA) is 0 Å². The number of benzene rings is 1. The van der Waals surface area contributed by atoms with Gasteiger partial charge in [0.15, 0.2) is 0 Å². The van der Waals surface area contributed by atoms with E-state index in [9.17, 15) is 0 Å². The van der Waals surface area contributed by atoms with E-state index in [1.165, 1.54) is 29.5 Å². The first-order valence-electron chi connectivity index (χ1n) is 5.83. The Morgan fingerprint density at radius 1 is 1.40 bits per heavy atom. The number of alkyl halides is 1. The van der Waals surface area contributed by atoms with Gasteiger partial charge in [0.05, 0.1) is 0 Å². The van der Waals surface area contributed by atoms with Gasteiger partial charge in [-0.1, -0.05) is 54.9 Å². The van der Waals surface area contributed by atoms with E-state index in [2.05, 4.69) is 54.9 Å². The lowest BCUT2D eigenvalue weighted by atomic mass is 9.99. The maximum atomic E-state index is 3.80. The smallest absolute Gasteiger partial charge is 0.0426 e. The van der Waals surface area contributed by atoms with Crippen LogP contribution >= 0.6 is 15.9 Å². The van der Waals surface area contributed by atoms with E-state index in [1.807, 2.05) is 0 Å². The lowest BCUT2D eigenvalue weighted by Gasteiger charge is -2.10.